The average molecular weight is 535 g/mol. The lowest BCUT2D eigenvalue weighted by Gasteiger charge is -2.58. The van der Waals surface area contributed by atoms with Gasteiger partial charge in [0.2, 0.25) is 0 Å². The van der Waals surface area contributed by atoms with Gasteiger partial charge in [0.1, 0.15) is 22.8 Å². The van der Waals surface area contributed by atoms with Gasteiger partial charge in [-0.05, 0) is 87.1 Å². The lowest BCUT2D eigenvalue weighted by Crippen LogP contribution is -2.61. The Morgan fingerprint density at radius 1 is 1.08 bits per heavy atom. The van der Waals surface area contributed by atoms with Crippen molar-refractivity contribution in [2.75, 3.05) is 43.7 Å². The number of carbonyl (C=O) groups is 2. The number of anilines is 2. The van der Waals surface area contributed by atoms with Gasteiger partial charge < -0.3 is 29.7 Å². The van der Waals surface area contributed by atoms with Crippen LogP contribution < -0.4 is 19.9 Å². The number of amides is 1. The maximum Gasteiger partial charge on any atom is 0.341 e. The van der Waals surface area contributed by atoms with Gasteiger partial charge in [0.25, 0.3) is 5.91 Å². The van der Waals surface area contributed by atoms with E-state index in [1.165, 1.54) is 14.2 Å². The topological polar surface area (TPSA) is 104 Å². The number of benzene rings is 1. The van der Waals surface area contributed by atoms with Crippen LogP contribution in [0.25, 0.3) is 0 Å². The molecule has 0 radical (unpaired) electrons. The molecule has 4 aliphatic carbocycles. The third-order valence-electron chi connectivity index (χ3n) is 9.38. The minimum Gasteiger partial charge on any atom is -0.496 e. The van der Waals surface area contributed by atoms with Crippen molar-refractivity contribution in [2.24, 2.45) is 17.8 Å². The summed E-state index contributed by atoms with van der Waals surface area (Å²) in [6, 6.07) is 11.5. The molecule has 208 valence electrons. The molecule has 0 spiro atoms. The minimum absolute atomic E-state index is 0.124. The van der Waals surface area contributed by atoms with E-state index in [-0.39, 0.29) is 18.0 Å². The number of piperazine rings is 1. The summed E-state index contributed by atoms with van der Waals surface area (Å²) in [5.41, 5.74) is 1.26. The van der Waals surface area contributed by atoms with Gasteiger partial charge in [-0.1, -0.05) is 6.07 Å². The number of aromatic nitrogens is 1. The highest BCUT2D eigenvalue weighted by Crippen LogP contribution is 2.55. The first-order valence-electron chi connectivity index (χ1n) is 14.0. The summed E-state index contributed by atoms with van der Waals surface area (Å²) >= 11 is 0. The monoisotopic (exact) mass is 534 g/mol. The molecule has 5 aliphatic rings. The number of esters is 1. The zero-order chi connectivity index (χ0) is 27.3. The van der Waals surface area contributed by atoms with Crippen molar-refractivity contribution < 1.29 is 24.2 Å². The highest BCUT2D eigenvalue weighted by molar-refractivity contribution is 5.94. The molecule has 9 heteroatoms. The van der Waals surface area contributed by atoms with Crippen molar-refractivity contribution in [1.29, 1.82) is 0 Å². The second-order valence-electron chi connectivity index (χ2n) is 11.9. The standard InChI is InChI=1S/C30H38N4O5/c1-18-17-33(22-7-8-25(38-2)23(13-22)29(36)39-3)9-10-34(18)26-6-4-5-24(31-26)28(35)32-27-20-11-19-12-21(27)16-30(37,14-19)15-20/h4-8,13,18-21,27,37H,9-12,14-17H2,1-3H3,(H,32,35)/t18-,19?,20?,21?,27-,30-/m1/s1. The summed E-state index contributed by atoms with van der Waals surface area (Å²) < 4.78 is 10.3. The Labute approximate surface area is 229 Å². The van der Waals surface area contributed by atoms with Crippen LogP contribution in [0, 0.1) is 17.8 Å². The van der Waals surface area contributed by atoms with E-state index >= 15 is 0 Å². The van der Waals surface area contributed by atoms with Crippen molar-refractivity contribution in [1.82, 2.24) is 10.3 Å². The van der Waals surface area contributed by atoms with Crippen molar-refractivity contribution in [2.45, 2.75) is 56.7 Å². The predicted molar refractivity (Wildman–Crippen MR) is 147 cm³/mol. The highest BCUT2D eigenvalue weighted by Gasteiger charge is 2.55. The van der Waals surface area contributed by atoms with Crippen molar-refractivity contribution >= 4 is 23.4 Å². The lowest BCUT2D eigenvalue weighted by molar-refractivity contribution is -0.136. The van der Waals surface area contributed by atoms with Crippen molar-refractivity contribution in [3.8, 4) is 5.75 Å². The molecule has 2 unspecified atom stereocenters. The first-order valence-corrected chi connectivity index (χ1v) is 14.0. The Morgan fingerprint density at radius 2 is 1.85 bits per heavy atom. The van der Waals surface area contributed by atoms with Gasteiger partial charge in [-0.2, -0.15) is 0 Å². The summed E-state index contributed by atoms with van der Waals surface area (Å²) in [6.07, 6.45) is 4.74. The van der Waals surface area contributed by atoms with Gasteiger partial charge in [0.05, 0.1) is 19.8 Å². The van der Waals surface area contributed by atoms with Gasteiger partial charge in [0.15, 0.2) is 0 Å². The van der Waals surface area contributed by atoms with Gasteiger partial charge in [0, 0.05) is 37.4 Å². The Bertz CT molecular complexity index is 1250. The van der Waals surface area contributed by atoms with Crippen LogP contribution in [0.3, 0.4) is 0 Å². The molecular weight excluding hydrogens is 496 g/mol. The zero-order valence-corrected chi connectivity index (χ0v) is 22.9. The quantitative estimate of drug-likeness (QED) is 0.545. The molecule has 1 amide bonds. The third kappa shape index (κ3) is 4.81. The highest BCUT2D eigenvalue weighted by atomic mass is 16.5. The van der Waals surface area contributed by atoms with Gasteiger partial charge in [-0.15, -0.1) is 0 Å². The first kappa shape index (κ1) is 25.9. The molecule has 3 atom stereocenters. The number of aliphatic hydroxyl groups is 1. The lowest BCUT2D eigenvalue weighted by atomic mass is 9.52. The summed E-state index contributed by atoms with van der Waals surface area (Å²) in [5.74, 6) is 2.05. The number of ether oxygens (including phenoxy) is 2. The van der Waals surface area contributed by atoms with E-state index in [9.17, 15) is 14.7 Å². The van der Waals surface area contributed by atoms with Crippen LogP contribution in [-0.2, 0) is 4.74 Å². The molecule has 39 heavy (non-hydrogen) atoms. The third-order valence-corrected chi connectivity index (χ3v) is 9.38. The fraction of sp³-hybridized carbons (Fsp3) is 0.567. The van der Waals surface area contributed by atoms with Gasteiger partial charge in [-0.25, -0.2) is 9.78 Å². The Hall–Kier alpha value is -3.33. The van der Waals surface area contributed by atoms with E-state index in [2.05, 4.69) is 22.0 Å². The van der Waals surface area contributed by atoms with E-state index in [1.807, 2.05) is 24.3 Å². The molecule has 4 bridgehead atoms. The molecule has 1 aliphatic heterocycles. The van der Waals surface area contributed by atoms with Gasteiger partial charge in [-0.3, -0.25) is 4.79 Å². The van der Waals surface area contributed by atoms with Crippen LogP contribution in [0.1, 0.15) is 59.9 Å². The van der Waals surface area contributed by atoms with E-state index in [0.29, 0.717) is 34.8 Å². The molecule has 2 heterocycles. The van der Waals surface area contributed by atoms with Crippen LogP contribution >= 0.6 is 0 Å². The van der Waals surface area contributed by atoms with Crippen molar-refractivity contribution in [3.05, 3.63) is 47.7 Å². The number of rotatable bonds is 6. The smallest absolute Gasteiger partial charge is 0.341 e. The molecule has 1 aromatic carbocycles. The summed E-state index contributed by atoms with van der Waals surface area (Å²) in [6.45, 7) is 4.35. The molecule has 1 aromatic heterocycles. The molecule has 2 aromatic rings. The molecule has 5 fully saturated rings. The molecule has 4 saturated carbocycles. The zero-order valence-electron chi connectivity index (χ0n) is 22.9. The Kier molecular flexibility index (Phi) is 6.65. The van der Waals surface area contributed by atoms with Crippen LogP contribution in [0.4, 0.5) is 11.5 Å². The Morgan fingerprint density at radius 3 is 2.51 bits per heavy atom. The second kappa shape index (κ2) is 10.0. The maximum atomic E-state index is 13.3. The molecule has 7 rings (SSSR count). The second-order valence-corrected chi connectivity index (χ2v) is 11.9. The number of pyridine rings is 1. The SMILES string of the molecule is COC(=O)c1cc(N2CCN(c3cccc(C(=O)N[C@H]4C5CC6CC4C[C@](O)(C6)C5)n3)[C@H](C)C2)ccc1OC. The molecular formula is C30H38N4O5. The first-order chi connectivity index (χ1) is 18.8. The molecule has 1 saturated heterocycles. The normalized spacial score (nSPS) is 31.2. The van der Waals surface area contributed by atoms with Gasteiger partial charge >= 0.3 is 5.97 Å². The van der Waals surface area contributed by atoms with Crippen molar-refractivity contribution in [3.63, 3.8) is 0 Å². The summed E-state index contributed by atoms with van der Waals surface area (Å²) in [4.78, 5) is 34.8. The largest absolute Gasteiger partial charge is 0.496 e. The number of nitrogens with zero attached hydrogens (tertiary/aromatic N) is 3. The van der Waals surface area contributed by atoms with Crippen LogP contribution in [0.15, 0.2) is 36.4 Å². The van der Waals surface area contributed by atoms with Crippen LogP contribution in [0.2, 0.25) is 0 Å². The molecule has 9 nitrogen and oxygen atoms in total. The fourth-order valence-electron chi connectivity index (χ4n) is 7.85. The van der Waals surface area contributed by atoms with Crippen LogP contribution in [-0.4, -0.2) is 73.5 Å². The minimum atomic E-state index is -0.513. The maximum absolute atomic E-state index is 13.3. The predicted octanol–water partition coefficient (Wildman–Crippen LogP) is 3.26. The summed E-state index contributed by atoms with van der Waals surface area (Å²) in [5, 5.41) is 14.2. The van der Waals surface area contributed by atoms with E-state index in [1.54, 1.807) is 12.1 Å². The number of methoxy groups -OCH3 is 2. The van der Waals surface area contributed by atoms with Crippen LogP contribution in [0.5, 0.6) is 5.75 Å². The number of nitrogens with one attached hydrogen (secondary N) is 1. The average Bonchev–Trinajstić information content (AvgIpc) is 2.93. The number of carbonyl (C=O) groups excluding carboxylic acids is 2. The van der Waals surface area contributed by atoms with E-state index in [4.69, 9.17) is 14.5 Å². The molecule has 2 N–H and O–H groups in total. The van der Waals surface area contributed by atoms with E-state index in [0.717, 1.165) is 63.2 Å². The summed E-state index contributed by atoms with van der Waals surface area (Å²) in [7, 11) is 2.90. The number of hydrogen-bond donors (Lipinski definition) is 2. The fourth-order valence-corrected chi connectivity index (χ4v) is 7.85. The Balaban J connectivity index is 1.13. The number of hydrogen-bond acceptors (Lipinski definition) is 8. The van der Waals surface area contributed by atoms with E-state index < -0.39 is 11.6 Å².